The maximum Gasteiger partial charge on any atom is 0.364 e. The molecule has 0 saturated carbocycles. The molecule has 2 aromatic rings. The first kappa shape index (κ1) is 12.4. The van der Waals surface area contributed by atoms with E-state index in [1.165, 1.54) is 6.07 Å². The number of halogens is 1. The fourth-order valence-electron chi connectivity index (χ4n) is 1.08. The molecular weight excluding hydrogens is 282 g/mol. The molecule has 0 fully saturated rings. The number of hydrazine groups is 1. The smallest absolute Gasteiger partial charge is 0.364 e. The summed E-state index contributed by atoms with van der Waals surface area (Å²) in [5, 5.41) is 9.68. The summed E-state index contributed by atoms with van der Waals surface area (Å²) in [5.74, 6) is -0.281. The molecule has 0 unspecified atom stereocenters. The lowest BCUT2D eigenvalue weighted by molar-refractivity contribution is 0.112. The molecule has 0 aliphatic rings. The van der Waals surface area contributed by atoms with E-state index in [-0.39, 0.29) is 26.6 Å². The number of thiazole rings is 1. The Bertz CT molecular complexity index is 639. The summed E-state index contributed by atoms with van der Waals surface area (Å²) in [6.07, 6.45) is 1.58. The van der Waals surface area contributed by atoms with Gasteiger partial charge in [-0.05, 0) is 0 Å². The van der Waals surface area contributed by atoms with Gasteiger partial charge in [0.15, 0.2) is 17.7 Å². The van der Waals surface area contributed by atoms with Crippen molar-refractivity contribution >= 4 is 40.0 Å². The number of hydrogen-bond donors (Lipinski definition) is 3. The number of rotatable bonds is 4. The van der Waals surface area contributed by atoms with Gasteiger partial charge < -0.3 is 9.52 Å². The van der Waals surface area contributed by atoms with Gasteiger partial charge in [-0.2, -0.15) is 0 Å². The highest BCUT2D eigenvalue weighted by atomic mass is 35.5. The van der Waals surface area contributed by atoms with Gasteiger partial charge in [0.25, 0.3) is 0 Å². The van der Waals surface area contributed by atoms with Gasteiger partial charge in [-0.25, -0.2) is 9.78 Å². The monoisotopic (exact) mass is 287 g/mol. The Morgan fingerprint density at radius 1 is 1.50 bits per heavy atom. The molecule has 0 atom stereocenters. The van der Waals surface area contributed by atoms with Crippen molar-refractivity contribution in [3.8, 4) is 5.75 Å². The molecule has 3 N–H and O–H groups in total. The summed E-state index contributed by atoms with van der Waals surface area (Å²) in [6, 6.07) is 1.21. The van der Waals surface area contributed by atoms with Gasteiger partial charge in [0.2, 0.25) is 5.13 Å². The quantitative estimate of drug-likeness (QED) is 0.581. The van der Waals surface area contributed by atoms with Crippen LogP contribution < -0.4 is 16.5 Å². The van der Waals surface area contributed by atoms with Crippen LogP contribution in [0.2, 0.25) is 4.34 Å². The van der Waals surface area contributed by atoms with Gasteiger partial charge in [-0.15, -0.1) is 0 Å². The molecule has 0 aromatic carbocycles. The highest BCUT2D eigenvalue weighted by Gasteiger charge is 2.10. The summed E-state index contributed by atoms with van der Waals surface area (Å²) < 4.78 is 4.78. The standard InChI is InChI=1S/C9H6ClN3O4S/c10-7-4(3-14)11-9(18-7)13-12-6-5(15)1-2-17-8(6)16/h1-3,12,15H,(H,11,13). The second-order valence-electron chi connectivity index (χ2n) is 3.01. The Labute approximate surface area is 109 Å². The van der Waals surface area contributed by atoms with Gasteiger partial charge in [0, 0.05) is 6.07 Å². The Hall–Kier alpha value is -2.06. The number of carbonyl (C=O) groups is 1. The van der Waals surface area contributed by atoms with Crippen LogP contribution in [0.5, 0.6) is 5.75 Å². The van der Waals surface area contributed by atoms with E-state index < -0.39 is 5.63 Å². The zero-order valence-electron chi connectivity index (χ0n) is 8.64. The van der Waals surface area contributed by atoms with Crippen LogP contribution in [-0.2, 0) is 0 Å². The van der Waals surface area contributed by atoms with Crippen LogP contribution in [-0.4, -0.2) is 16.4 Å². The zero-order chi connectivity index (χ0) is 13.1. The van der Waals surface area contributed by atoms with E-state index in [1.54, 1.807) is 0 Å². The van der Waals surface area contributed by atoms with Crippen molar-refractivity contribution in [1.29, 1.82) is 0 Å². The lowest BCUT2D eigenvalue weighted by Gasteiger charge is -2.05. The minimum atomic E-state index is -0.749. The lowest BCUT2D eigenvalue weighted by atomic mass is 10.4. The van der Waals surface area contributed by atoms with Crippen molar-refractivity contribution < 1.29 is 14.3 Å². The Morgan fingerprint density at radius 3 is 2.89 bits per heavy atom. The van der Waals surface area contributed by atoms with Gasteiger partial charge in [-0.1, -0.05) is 22.9 Å². The Morgan fingerprint density at radius 2 is 2.28 bits per heavy atom. The van der Waals surface area contributed by atoms with Crippen LogP contribution in [0, 0.1) is 0 Å². The first-order valence-electron chi connectivity index (χ1n) is 4.56. The van der Waals surface area contributed by atoms with Crippen molar-refractivity contribution in [2.45, 2.75) is 0 Å². The van der Waals surface area contributed by atoms with Crippen LogP contribution in [0.1, 0.15) is 10.5 Å². The van der Waals surface area contributed by atoms with Crippen LogP contribution in [0.4, 0.5) is 10.8 Å². The molecule has 0 aliphatic carbocycles. The molecule has 9 heteroatoms. The molecule has 0 saturated heterocycles. The maximum atomic E-state index is 11.3. The zero-order valence-corrected chi connectivity index (χ0v) is 10.2. The molecule has 2 rings (SSSR count). The summed E-state index contributed by atoms with van der Waals surface area (Å²) in [6.45, 7) is 0. The third kappa shape index (κ3) is 2.44. The van der Waals surface area contributed by atoms with Crippen LogP contribution >= 0.6 is 22.9 Å². The van der Waals surface area contributed by atoms with E-state index in [1.807, 2.05) is 0 Å². The first-order valence-corrected chi connectivity index (χ1v) is 5.75. The molecule has 2 aromatic heterocycles. The number of nitrogens with one attached hydrogen (secondary N) is 2. The summed E-state index contributed by atoms with van der Waals surface area (Å²) in [4.78, 5) is 25.6. The van der Waals surface area contributed by atoms with Gasteiger partial charge >= 0.3 is 5.63 Å². The first-order chi connectivity index (χ1) is 8.61. The van der Waals surface area contributed by atoms with E-state index in [4.69, 9.17) is 11.6 Å². The number of hydrogen-bond acceptors (Lipinski definition) is 8. The number of anilines is 2. The molecule has 18 heavy (non-hydrogen) atoms. The van der Waals surface area contributed by atoms with E-state index in [9.17, 15) is 14.7 Å². The van der Waals surface area contributed by atoms with Crippen LogP contribution in [0.3, 0.4) is 0 Å². The average Bonchev–Trinajstić information content (AvgIpc) is 2.69. The lowest BCUT2D eigenvalue weighted by Crippen LogP contribution is -2.15. The van der Waals surface area contributed by atoms with Gasteiger partial charge in [-0.3, -0.25) is 15.6 Å². The highest BCUT2D eigenvalue weighted by Crippen LogP contribution is 2.27. The van der Waals surface area contributed by atoms with Gasteiger partial charge in [0.1, 0.15) is 10.0 Å². The predicted molar refractivity (Wildman–Crippen MR) is 66.4 cm³/mol. The van der Waals surface area contributed by atoms with Crippen molar-refractivity contribution in [2.24, 2.45) is 0 Å². The number of aldehydes is 1. The van der Waals surface area contributed by atoms with Crippen LogP contribution in [0.25, 0.3) is 0 Å². The van der Waals surface area contributed by atoms with E-state index in [2.05, 4.69) is 20.3 Å². The molecule has 0 bridgehead atoms. The Kier molecular flexibility index (Phi) is 3.49. The third-order valence-corrected chi connectivity index (χ3v) is 3.08. The Balaban J connectivity index is 2.16. The van der Waals surface area contributed by atoms with Crippen molar-refractivity contribution in [1.82, 2.24) is 4.98 Å². The second-order valence-corrected chi connectivity index (χ2v) is 4.62. The molecule has 94 valence electrons. The van der Waals surface area contributed by atoms with E-state index in [0.717, 1.165) is 17.6 Å². The van der Waals surface area contributed by atoms with Crippen LogP contribution in [0.15, 0.2) is 21.5 Å². The molecule has 7 nitrogen and oxygen atoms in total. The highest BCUT2D eigenvalue weighted by molar-refractivity contribution is 7.19. The third-order valence-electron chi connectivity index (χ3n) is 1.88. The molecule has 0 aliphatic heterocycles. The number of aromatic nitrogens is 1. The maximum absolute atomic E-state index is 11.3. The molecule has 0 spiro atoms. The summed E-state index contributed by atoms with van der Waals surface area (Å²) in [7, 11) is 0. The number of carbonyl (C=O) groups excluding carboxylic acids is 1. The predicted octanol–water partition coefficient (Wildman–Crippen LogP) is 1.71. The minimum Gasteiger partial charge on any atom is -0.505 e. The SMILES string of the molecule is O=Cc1nc(NNc2c(O)ccoc2=O)sc1Cl. The topological polar surface area (TPSA) is 104 Å². The summed E-state index contributed by atoms with van der Waals surface area (Å²) >= 11 is 6.72. The number of aromatic hydroxyl groups is 1. The minimum absolute atomic E-state index is 0.0929. The molecule has 0 radical (unpaired) electrons. The van der Waals surface area contributed by atoms with Crippen molar-refractivity contribution in [3.05, 3.63) is 32.8 Å². The van der Waals surface area contributed by atoms with Gasteiger partial charge in [0.05, 0.1) is 6.26 Å². The second kappa shape index (κ2) is 5.07. The van der Waals surface area contributed by atoms with E-state index >= 15 is 0 Å². The van der Waals surface area contributed by atoms with Crippen molar-refractivity contribution in [2.75, 3.05) is 10.9 Å². The molecule has 0 amide bonds. The number of nitrogens with zero attached hydrogens (tertiary/aromatic N) is 1. The summed E-state index contributed by atoms with van der Waals surface area (Å²) in [5.41, 5.74) is 4.14. The largest absolute Gasteiger partial charge is 0.505 e. The van der Waals surface area contributed by atoms with E-state index in [0.29, 0.717) is 6.29 Å². The molecular formula is C9H6ClN3O4S. The fraction of sp³-hybridized carbons (Fsp3) is 0. The fourth-order valence-corrected chi connectivity index (χ4v) is 2.00. The average molecular weight is 288 g/mol. The molecule has 2 heterocycles. The normalized spacial score (nSPS) is 10.1. The van der Waals surface area contributed by atoms with Crippen molar-refractivity contribution in [3.63, 3.8) is 0 Å².